The first kappa shape index (κ1) is 25.1. The highest BCUT2D eigenvalue weighted by Gasteiger charge is 2.32. The highest BCUT2D eigenvalue weighted by molar-refractivity contribution is 8.26. The number of aromatic nitrogens is 2. The zero-order chi connectivity index (χ0) is 24.8. The van der Waals surface area contributed by atoms with E-state index in [0.29, 0.717) is 52.4 Å². The quantitative estimate of drug-likeness (QED) is 0.248. The number of carbonyl (C=O) groups excluding carboxylic acids is 1. The van der Waals surface area contributed by atoms with Crippen molar-refractivity contribution in [1.82, 2.24) is 14.3 Å². The third-order valence-corrected chi connectivity index (χ3v) is 6.83. The molecule has 0 aliphatic carbocycles. The lowest BCUT2D eigenvalue weighted by Crippen LogP contribution is -2.30. The summed E-state index contributed by atoms with van der Waals surface area (Å²) in [4.78, 5) is 33.2. The molecule has 0 bridgehead atoms. The minimum Gasteiger partial charge on any atom is -0.379 e. The zero-order valence-corrected chi connectivity index (χ0v) is 21.4. The molecule has 35 heavy (non-hydrogen) atoms. The summed E-state index contributed by atoms with van der Waals surface area (Å²) in [6.07, 6.45) is 4.91. The highest BCUT2D eigenvalue weighted by Crippen LogP contribution is 2.33. The van der Waals surface area contributed by atoms with E-state index in [0.717, 1.165) is 12.0 Å². The van der Waals surface area contributed by atoms with E-state index in [2.05, 4.69) is 10.3 Å². The van der Waals surface area contributed by atoms with E-state index in [1.807, 2.05) is 50.2 Å². The van der Waals surface area contributed by atoms with E-state index < -0.39 is 0 Å². The van der Waals surface area contributed by atoms with Crippen LogP contribution < -0.4 is 10.9 Å². The summed E-state index contributed by atoms with van der Waals surface area (Å²) in [6.45, 7) is 5.66. The van der Waals surface area contributed by atoms with Crippen molar-refractivity contribution in [2.45, 2.75) is 32.8 Å². The number of anilines is 1. The van der Waals surface area contributed by atoms with Gasteiger partial charge in [0.1, 0.15) is 15.8 Å². The maximum atomic E-state index is 13.3. The number of hydrogen-bond donors (Lipinski definition) is 1. The van der Waals surface area contributed by atoms with Gasteiger partial charge in [0.25, 0.3) is 11.5 Å². The van der Waals surface area contributed by atoms with Gasteiger partial charge in [0.05, 0.1) is 16.6 Å². The normalized spacial score (nSPS) is 15.1. The first-order valence-electron chi connectivity index (χ1n) is 11.6. The number of thiocarbonyl (C=S) groups is 1. The van der Waals surface area contributed by atoms with Crippen LogP contribution in [0.15, 0.2) is 64.4 Å². The number of fused-ring (bicyclic) bond motifs is 1. The van der Waals surface area contributed by atoms with Gasteiger partial charge in [0.2, 0.25) is 0 Å². The molecule has 0 spiro atoms. The molecule has 1 aliphatic heterocycles. The molecule has 0 radical (unpaired) electrons. The van der Waals surface area contributed by atoms with Crippen molar-refractivity contribution in [3.8, 4) is 0 Å². The minimum absolute atomic E-state index is 0.165. The molecule has 1 fully saturated rings. The molecule has 7 nitrogen and oxygen atoms in total. The van der Waals surface area contributed by atoms with Gasteiger partial charge in [0.15, 0.2) is 0 Å². The molecule has 1 amide bonds. The fraction of sp³-hybridized carbons (Fsp3) is 0.308. The molecule has 1 N–H and O–H groups in total. The number of nitrogens with one attached hydrogen (secondary N) is 1. The number of benzene rings is 1. The first-order chi connectivity index (χ1) is 16.9. The van der Waals surface area contributed by atoms with Gasteiger partial charge >= 0.3 is 0 Å². The monoisotopic (exact) mass is 508 g/mol. The topological polar surface area (TPSA) is 75.9 Å². The molecule has 1 aliphatic rings. The van der Waals surface area contributed by atoms with Crippen LogP contribution in [-0.2, 0) is 16.0 Å². The van der Waals surface area contributed by atoms with E-state index in [-0.39, 0.29) is 17.6 Å². The number of amides is 1. The zero-order valence-electron chi connectivity index (χ0n) is 19.8. The van der Waals surface area contributed by atoms with Gasteiger partial charge in [-0.05, 0) is 50.5 Å². The van der Waals surface area contributed by atoms with Gasteiger partial charge in [0, 0.05) is 25.9 Å². The van der Waals surface area contributed by atoms with Crippen LogP contribution in [0.1, 0.15) is 31.4 Å². The average molecular weight is 509 g/mol. The van der Waals surface area contributed by atoms with Crippen LogP contribution in [0.3, 0.4) is 0 Å². The van der Waals surface area contributed by atoms with Crippen molar-refractivity contribution >= 4 is 51.7 Å². The molecule has 0 atom stereocenters. The third kappa shape index (κ3) is 6.17. The van der Waals surface area contributed by atoms with Crippen LogP contribution in [-0.4, -0.2) is 50.3 Å². The lowest BCUT2D eigenvalue weighted by molar-refractivity contribution is -0.122. The lowest BCUT2D eigenvalue weighted by Gasteiger charge is -2.14. The smallest absolute Gasteiger partial charge is 0.267 e. The van der Waals surface area contributed by atoms with Crippen molar-refractivity contribution in [2.75, 3.05) is 25.0 Å². The van der Waals surface area contributed by atoms with Crippen molar-refractivity contribution in [3.63, 3.8) is 0 Å². The van der Waals surface area contributed by atoms with Crippen LogP contribution in [0, 0.1) is 0 Å². The van der Waals surface area contributed by atoms with Crippen molar-refractivity contribution in [1.29, 1.82) is 0 Å². The highest BCUT2D eigenvalue weighted by atomic mass is 32.2. The molecule has 1 aromatic carbocycles. The summed E-state index contributed by atoms with van der Waals surface area (Å²) >= 11 is 6.70. The Morgan fingerprint density at radius 2 is 1.91 bits per heavy atom. The second-order valence-corrected chi connectivity index (χ2v) is 10.1. The van der Waals surface area contributed by atoms with Gasteiger partial charge in [-0.25, -0.2) is 4.98 Å². The van der Waals surface area contributed by atoms with E-state index in [1.165, 1.54) is 16.2 Å². The minimum atomic E-state index is -0.244. The Balaban J connectivity index is 1.58. The lowest BCUT2D eigenvalue weighted by atomic mass is 10.1. The van der Waals surface area contributed by atoms with Crippen molar-refractivity contribution < 1.29 is 9.53 Å². The predicted molar refractivity (Wildman–Crippen MR) is 146 cm³/mol. The third-order valence-electron chi connectivity index (χ3n) is 5.45. The van der Waals surface area contributed by atoms with Gasteiger partial charge in [-0.15, -0.1) is 0 Å². The molecular weight excluding hydrogens is 480 g/mol. The molecule has 0 unspecified atom stereocenters. The largest absolute Gasteiger partial charge is 0.379 e. The number of nitrogens with zero attached hydrogens (tertiary/aromatic N) is 3. The Labute approximate surface area is 214 Å². The second kappa shape index (κ2) is 11.6. The fourth-order valence-corrected chi connectivity index (χ4v) is 4.97. The predicted octanol–water partition coefficient (Wildman–Crippen LogP) is 4.37. The van der Waals surface area contributed by atoms with E-state index >= 15 is 0 Å². The summed E-state index contributed by atoms with van der Waals surface area (Å²) in [6, 6.07) is 15.4. The molecule has 0 saturated carbocycles. The Kier molecular flexibility index (Phi) is 8.33. The summed E-state index contributed by atoms with van der Waals surface area (Å²) in [7, 11) is 0. The van der Waals surface area contributed by atoms with Crippen LogP contribution in [0.2, 0.25) is 0 Å². The number of hydrogen-bond acceptors (Lipinski definition) is 7. The Bertz CT molecular complexity index is 1300. The number of pyridine rings is 1. The van der Waals surface area contributed by atoms with Crippen molar-refractivity contribution in [2.24, 2.45) is 0 Å². The molecule has 9 heteroatoms. The van der Waals surface area contributed by atoms with Crippen LogP contribution in [0.25, 0.3) is 11.7 Å². The first-order valence-corrected chi connectivity index (χ1v) is 12.8. The molecule has 182 valence electrons. The summed E-state index contributed by atoms with van der Waals surface area (Å²) in [5.74, 6) is 0.255. The van der Waals surface area contributed by atoms with Gasteiger partial charge in [-0.2, -0.15) is 0 Å². The van der Waals surface area contributed by atoms with Crippen LogP contribution >= 0.6 is 24.0 Å². The molecule has 1 saturated heterocycles. The average Bonchev–Trinajstić information content (AvgIpc) is 3.12. The Morgan fingerprint density at radius 1 is 1.14 bits per heavy atom. The van der Waals surface area contributed by atoms with Crippen molar-refractivity contribution in [3.05, 3.63) is 81.1 Å². The van der Waals surface area contributed by atoms with E-state index in [1.54, 1.807) is 29.3 Å². The Hall–Kier alpha value is -3.01. The number of thioether (sulfide) groups is 1. The standard InChI is InChI=1S/C26H28N4O3S2/c1-18(2)33-16-8-13-27-23-20(24(31)29-14-7-6-11-22(29)28-23)17-21-25(32)30(26(34)35-21)15-12-19-9-4-3-5-10-19/h3-7,9-11,14,17-18,27H,8,12-13,15-16H2,1-2H3/b21-17-. The molecule has 3 heterocycles. The molecule has 4 rings (SSSR count). The van der Waals surface area contributed by atoms with Crippen LogP contribution in [0.4, 0.5) is 5.82 Å². The van der Waals surface area contributed by atoms with Crippen LogP contribution in [0.5, 0.6) is 0 Å². The second-order valence-electron chi connectivity index (χ2n) is 8.38. The Morgan fingerprint density at radius 3 is 2.69 bits per heavy atom. The van der Waals surface area contributed by atoms with Gasteiger partial charge < -0.3 is 10.1 Å². The van der Waals surface area contributed by atoms with Gasteiger partial charge in [-0.1, -0.05) is 60.4 Å². The fourth-order valence-electron chi connectivity index (χ4n) is 3.68. The molecule has 3 aromatic rings. The maximum absolute atomic E-state index is 13.3. The molecule has 2 aromatic heterocycles. The van der Waals surface area contributed by atoms with E-state index in [9.17, 15) is 9.59 Å². The SMILES string of the molecule is CC(C)OCCCNc1nc2ccccn2c(=O)c1/C=C1\SC(=S)N(CCc2ccccc2)C1=O. The number of ether oxygens (including phenoxy) is 1. The number of rotatable bonds is 10. The summed E-state index contributed by atoms with van der Waals surface area (Å²) in [5.41, 5.74) is 1.76. The molecular formula is C26H28N4O3S2. The summed E-state index contributed by atoms with van der Waals surface area (Å²) in [5, 5.41) is 3.26. The maximum Gasteiger partial charge on any atom is 0.267 e. The van der Waals surface area contributed by atoms with E-state index in [4.69, 9.17) is 17.0 Å². The number of carbonyl (C=O) groups is 1. The van der Waals surface area contributed by atoms with Gasteiger partial charge in [-0.3, -0.25) is 18.9 Å². The summed E-state index contributed by atoms with van der Waals surface area (Å²) < 4.78 is 7.57.